The third-order valence-corrected chi connectivity index (χ3v) is 5.37. The van der Waals surface area contributed by atoms with Gasteiger partial charge in [-0.3, -0.25) is 0 Å². The first-order chi connectivity index (χ1) is 8.07. The second kappa shape index (κ2) is 4.66. The summed E-state index contributed by atoms with van der Waals surface area (Å²) in [6, 6.07) is 7.18. The van der Waals surface area contributed by atoms with E-state index in [1.165, 1.54) is 4.31 Å². The first kappa shape index (κ1) is 12.4. The summed E-state index contributed by atoms with van der Waals surface area (Å²) in [5, 5.41) is 2.93. The third kappa shape index (κ3) is 2.17. The van der Waals surface area contributed by atoms with Crippen LogP contribution in [0.5, 0.6) is 0 Å². The van der Waals surface area contributed by atoms with Crippen molar-refractivity contribution in [2.75, 3.05) is 19.4 Å². The lowest BCUT2D eigenvalue weighted by molar-refractivity contribution is 0.250. The van der Waals surface area contributed by atoms with E-state index in [0.29, 0.717) is 10.6 Å². The monoisotopic (exact) mass is 254 g/mol. The highest BCUT2D eigenvalue weighted by Crippen LogP contribution is 2.30. The Kier molecular flexibility index (Phi) is 3.40. The van der Waals surface area contributed by atoms with E-state index in [1.807, 2.05) is 6.07 Å². The van der Waals surface area contributed by atoms with Gasteiger partial charge >= 0.3 is 0 Å². The Bertz CT molecular complexity index is 495. The fraction of sp³-hybridized carbons (Fsp3) is 0.500. The first-order valence-corrected chi connectivity index (χ1v) is 7.26. The van der Waals surface area contributed by atoms with Crippen LogP contribution in [0.15, 0.2) is 29.2 Å². The highest BCUT2D eigenvalue weighted by Gasteiger charge is 2.32. The smallest absolute Gasteiger partial charge is 0.245 e. The van der Waals surface area contributed by atoms with Crippen molar-refractivity contribution in [3.05, 3.63) is 24.3 Å². The predicted octanol–water partition coefficient (Wildman–Crippen LogP) is 1.90. The van der Waals surface area contributed by atoms with Gasteiger partial charge in [0.25, 0.3) is 0 Å². The first-order valence-electron chi connectivity index (χ1n) is 5.82. The Hall–Kier alpha value is -1.07. The molecule has 0 saturated heterocycles. The molecule has 0 spiro atoms. The zero-order valence-electron chi connectivity index (χ0n) is 10.2. The van der Waals surface area contributed by atoms with E-state index in [4.69, 9.17) is 0 Å². The molecule has 0 aliphatic heterocycles. The molecule has 17 heavy (non-hydrogen) atoms. The Labute approximate surface area is 103 Å². The molecule has 0 unspecified atom stereocenters. The van der Waals surface area contributed by atoms with Crippen LogP contribution in [0.1, 0.15) is 19.3 Å². The molecular formula is C12H18N2O2S. The van der Waals surface area contributed by atoms with Gasteiger partial charge in [0.2, 0.25) is 10.0 Å². The summed E-state index contributed by atoms with van der Waals surface area (Å²) in [5.74, 6) is 0. The van der Waals surface area contributed by atoms with Crippen LogP contribution in [0, 0.1) is 0 Å². The summed E-state index contributed by atoms with van der Waals surface area (Å²) in [6.07, 6.45) is 3.06. The van der Waals surface area contributed by atoms with Gasteiger partial charge in [-0.15, -0.1) is 0 Å². The lowest BCUT2D eigenvalue weighted by Gasteiger charge is -2.34. The Balaban J connectivity index is 2.36. The maximum atomic E-state index is 12.4. The number of rotatable bonds is 4. The number of nitrogens with one attached hydrogen (secondary N) is 1. The summed E-state index contributed by atoms with van der Waals surface area (Å²) in [4.78, 5) is 0.358. The summed E-state index contributed by atoms with van der Waals surface area (Å²) >= 11 is 0. The average Bonchev–Trinajstić information content (AvgIpc) is 2.26. The van der Waals surface area contributed by atoms with Crippen LogP contribution < -0.4 is 5.32 Å². The van der Waals surface area contributed by atoms with E-state index in [2.05, 4.69) is 5.32 Å². The van der Waals surface area contributed by atoms with Gasteiger partial charge < -0.3 is 5.32 Å². The van der Waals surface area contributed by atoms with Gasteiger partial charge in [0.15, 0.2) is 0 Å². The van der Waals surface area contributed by atoms with E-state index in [-0.39, 0.29) is 6.04 Å². The third-order valence-electron chi connectivity index (χ3n) is 3.40. The van der Waals surface area contributed by atoms with Gasteiger partial charge in [-0.2, -0.15) is 4.31 Å². The van der Waals surface area contributed by atoms with Crippen molar-refractivity contribution >= 4 is 15.7 Å². The van der Waals surface area contributed by atoms with Crippen molar-refractivity contribution < 1.29 is 8.42 Å². The van der Waals surface area contributed by atoms with Crippen LogP contribution in [0.4, 0.5) is 5.69 Å². The van der Waals surface area contributed by atoms with E-state index < -0.39 is 10.0 Å². The number of hydrogen-bond donors (Lipinski definition) is 1. The molecule has 1 N–H and O–H groups in total. The summed E-state index contributed by atoms with van der Waals surface area (Å²) < 4.78 is 26.4. The normalized spacial score (nSPS) is 16.9. The Morgan fingerprint density at radius 1 is 1.29 bits per heavy atom. The van der Waals surface area contributed by atoms with E-state index in [1.54, 1.807) is 32.3 Å². The highest BCUT2D eigenvalue weighted by molar-refractivity contribution is 7.89. The van der Waals surface area contributed by atoms with Crippen LogP contribution in [0.2, 0.25) is 0 Å². The largest absolute Gasteiger partial charge is 0.387 e. The van der Waals surface area contributed by atoms with E-state index in [0.717, 1.165) is 19.3 Å². The quantitative estimate of drug-likeness (QED) is 0.893. The van der Waals surface area contributed by atoms with Crippen molar-refractivity contribution in [3.63, 3.8) is 0 Å². The summed E-state index contributed by atoms with van der Waals surface area (Å²) in [7, 11) is 0.0351. The molecule has 1 aliphatic rings. The average molecular weight is 254 g/mol. The lowest BCUT2D eigenvalue weighted by atomic mass is 9.94. The summed E-state index contributed by atoms with van der Waals surface area (Å²) in [6.45, 7) is 0. The second-order valence-electron chi connectivity index (χ2n) is 4.35. The minimum atomic E-state index is -3.37. The molecular weight excluding hydrogens is 236 g/mol. The molecule has 0 heterocycles. The topological polar surface area (TPSA) is 49.4 Å². The standard InChI is InChI=1S/C12H18N2O2S/c1-13-11-8-3-4-9-12(11)17(15,16)14(2)10-6-5-7-10/h3-4,8-10,13H,5-7H2,1-2H3. The minimum absolute atomic E-state index is 0.171. The van der Waals surface area contributed by atoms with Crippen molar-refractivity contribution in [1.29, 1.82) is 0 Å². The van der Waals surface area contributed by atoms with Gasteiger partial charge in [-0.25, -0.2) is 8.42 Å². The van der Waals surface area contributed by atoms with Crippen molar-refractivity contribution in [2.24, 2.45) is 0 Å². The molecule has 0 bridgehead atoms. The van der Waals surface area contributed by atoms with Crippen LogP contribution in [-0.4, -0.2) is 32.9 Å². The molecule has 0 atom stereocenters. The molecule has 0 amide bonds. The van der Waals surface area contributed by atoms with E-state index in [9.17, 15) is 8.42 Å². The van der Waals surface area contributed by atoms with Gasteiger partial charge in [0.1, 0.15) is 4.90 Å². The lowest BCUT2D eigenvalue weighted by Crippen LogP contribution is -2.41. The number of para-hydroxylation sites is 1. The second-order valence-corrected chi connectivity index (χ2v) is 6.32. The van der Waals surface area contributed by atoms with Crippen LogP contribution >= 0.6 is 0 Å². The molecule has 0 aromatic heterocycles. The molecule has 0 radical (unpaired) electrons. The number of sulfonamides is 1. The van der Waals surface area contributed by atoms with Crippen LogP contribution in [0.3, 0.4) is 0 Å². The SMILES string of the molecule is CNc1ccccc1S(=O)(=O)N(C)C1CCC1. The zero-order chi connectivity index (χ0) is 12.5. The molecule has 1 aliphatic carbocycles. The molecule has 1 saturated carbocycles. The van der Waals surface area contributed by atoms with Crippen molar-refractivity contribution in [1.82, 2.24) is 4.31 Å². The number of nitrogens with zero attached hydrogens (tertiary/aromatic N) is 1. The van der Waals surface area contributed by atoms with E-state index >= 15 is 0 Å². The van der Waals surface area contributed by atoms with Crippen molar-refractivity contribution in [2.45, 2.75) is 30.2 Å². The molecule has 2 rings (SSSR count). The molecule has 94 valence electrons. The summed E-state index contributed by atoms with van der Waals surface area (Å²) in [5.41, 5.74) is 0.652. The number of anilines is 1. The zero-order valence-corrected chi connectivity index (χ0v) is 11.0. The highest BCUT2D eigenvalue weighted by atomic mass is 32.2. The molecule has 1 fully saturated rings. The van der Waals surface area contributed by atoms with Gasteiger partial charge in [0, 0.05) is 20.1 Å². The number of benzene rings is 1. The maximum absolute atomic E-state index is 12.4. The van der Waals surface area contributed by atoms with Crippen LogP contribution in [-0.2, 0) is 10.0 Å². The molecule has 1 aromatic carbocycles. The fourth-order valence-electron chi connectivity index (χ4n) is 2.00. The van der Waals surface area contributed by atoms with Gasteiger partial charge in [-0.05, 0) is 25.0 Å². The van der Waals surface area contributed by atoms with Gasteiger partial charge in [0.05, 0.1) is 5.69 Å². The Morgan fingerprint density at radius 3 is 2.47 bits per heavy atom. The molecule has 4 nitrogen and oxygen atoms in total. The Morgan fingerprint density at radius 2 is 1.94 bits per heavy atom. The maximum Gasteiger partial charge on any atom is 0.245 e. The fourth-order valence-corrected chi connectivity index (χ4v) is 3.61. The molecule has 5 heteroatoms. The van der Waals surface area contributed by atoms with Gasteiger partial charge in [-0.1, -0.05) is 18.6 Å². The molecule has 1 aromatic rings. The number of hydrogen-bond acceptors (Lipinski definition) is 3. The van der Waals surface area contributed by atoms with Crippen molar-refractivity contribution in [3.8, 4) is 0 Å². The predicted molar refractivity (Wildman–Crippen MR) is 68.6 cm³/mol. The van der Waals surface area contributed by atoms with Crippen LogP contribution in [0.25, 0.3) is 0 Å². The minimum Gasteiger partial charge on any atom is -0.387 e.